The molecule has 3 aromatic rings. The number of fused-ring (bicyclic) bond motifs is 1. The van der Waals surface area contributed by atoms with Crippen LogP contribution in [0.1, 0.15) is 19.0 Å². The van der Waals surface area contributed by atoms with E-state index in [9.17, 15) is 0 Å². The minimum absolute atomic E-state index is 0.109. The van der Waals surface area contributed by atoms with Crippen LogP contribution >= 0.6 is 23.2 Å². The van der Waals surface area contributed by atoms with E-state index in [2.05, 4.69) is 26.8 Å². The summed E-state index contributed by atoms with van der Waals surface area (Å²) in [5.74, 6) is 0.435. The Bertz CT molecular complexity index is 895. The van der Waals surface area contributed by atoms with Crippen molar-refractivity contribution in [2.75, 3.05) is 0 Å². The lowest BCUT2D eigenvalue weighted by molar-refractivity contribution is 0.802. The average molecular weight is 332 g/mol. The highest BCUT2D eigenvalue weighted by Gasteiger charge is 2.15. The molecule has 110 valence electrons. The van der Waals surface area contributed by atoms with Crippen molar-refractivity contribution in [3.05, 3.63) is 51.8 Å². The maximum atomic E-state index is 7.16. The molecule has 0 spiro atoms. The standard InChI is InChI=1S/C15H11Cl2N5/c1-3-4-12-10-7-9(18-2)5-6-13(10)22(21-12)14-11(16)8-19-15(17)20-14/h5-8H,3-4H2,1H3. The molecule has 1 aromatic carbocycles. The molecule has 0 aliphatic heterocycles. The van der Waals surface area contributed by atoms with Crippen LogP contribution in [0, 0.1) is 6.57 Å². The first-order chi connectivity index (χ1) is 10.6. The van der Waals surface area contributed by atoms with Crippen LogP contribution in [0.2, 0.25) is 10.3 Å². The van der Waals surface area contributed by atoms with Crippen molar-refractivity contribution in [2.24, 2.45) is 0 Å². The fourth-order valence-corrected chi connectivity index (χ4v) is 2.61. The van der Waals surface area contributed by atoms with E-state index >= 15 is 0 Å². The van der Waals surface area contributed by atoms with Crippen LogP contribution in [0.15, 0.2) is 24.4 Å². The SMILES string of the molecule is [C-]#[N+]c1ccc2c(c1)c(CCC)nn2-c1nc(Cl)ncc1Cl. The number of nitrogens with zero attached hydrogens (tertiary/aromatic N) is 5. The smallest absolute Gasteiger partial charge is 0.224 e. The van der Waals surface area contributed by atoms with Crippen molar-refractivity contribution < 1.29 is 0 Å². The van der Waals surface area contributed by atoms with E-state index in [4.69, 9.17) is 29.8 Å². The number of hydrogen-bond donors (Lipinski definition) is 0. The second-order valence-corrected chi connectivity index (χ2v) is 5.48. The molecule has 0 unspecified atom stereocenters. The van der Waals surface area contributed by atoms with Crippen molar-refractivity contribution >= 4 is 39.8 Å². The monoisotopic (exact) mass is 331 g/mol. The summed E-state index contributed by atoms with van der Waals surface area (Å²) in [5.41, 5.74) is 2.33. The van der Waals surface area contributed by atoms with E-state index in [1.807, 2.05) is 12.1 Å². The molecule has 3 rings (SSSR count). The largest absolute Gasteiger partial charge is 0.238 e. The molecule has 0 N–H and O–H groups in total. The molecular weight excluding hydrogens is 321 g/mol. The molecule has 22 heavy (non-hydrogen) atoms. The lowest BCUT2D eigenvalue weighted by Gasteiger charge is -2.04. The minimum Gasteiger partial charge on any atom is -0.238 e. The van der Waals surface area contributed by atoms with E-state index in [1.165, 1.54) is 6.20 Å². The Balaban J connectivity index is 2.30. The Morgan fingerprint density at radius 3 is 2.86 bits per heavy atom. The van der Waals surface area contributed by atoms with Gasteiger partial charge in [0.2, 0.25) is 5.28 Å². The Morgan fingerprint density at radius 1 is 1.32 bits per heavy atom. The van der Waals surface area contributed by atoms with Gasteiger partial charge in [0.25, 0.3) is 0 Å². The number of aryl methyl sites for hydroxylation is 1. The van der Waals surface area contributed by atoms with Crippen molar-refractivity contribution in [3.8, 4) is 5.82 Å². The number of aromatic nitrogens is 4. The summed E-state index contributed by atoms with van der Waals surface area (Å²) >= 11 is 12.1. The highest BCUT2D eigenvalue weighted by Crippen LogP contribution is 2.29. The van der Waals surface area contributed by atoms with Gasteiger partial charge in [-0.3, -0.25) is 0 Å². The third-order valence-electron chi connectivity index (χ3n) is 3.25. The van der Waals surface area contributed by atoms with Gasteiger partial charge in [0, 0.05) is 5.39 Å². The Kier molecular flexibility index (Phi) is 3.97. The van der Waals surface area contributed by atoms with E-state index in [-0.39, 0.29) is 5.28 Å². The fourth-order valence-electron chi connectivity index (χ4n) is 2.31. The zero-order chi connectivity index (χ0) is 15.7. The van der Waals surface area contributed by atoms with E-state index in [1.54, 1.807) is 10.7 Å². The molecule has 5 nitrogen and oxygen atoms in total. The van der Waals surface area contributed by atoms with Crippen LogP contribution in [0.3, 0.4) is 0 Å². The van der Waals surface area contributed by atoms with Crippen LogP contribution < -0.4 is 0 Å². The van der Waals surface area contributed by atoms with Gasteiger partial charge in [-0.25, -0.2) is 14.5 Å². The molecule has 0 fully saturated rings. The molecule has 2 aromatic heterocycles. The predicted molar refractivity (Wildman–Crippen MR) is 86.9 cm³/mol. The molecule has 0 saturated heterocycles. The summed E-state index contributed by atoms with van der Waals surface area (Å²) in [6, 6.07) is 5.44. The van der Waals surface area contributed by atoms with Crippen LogP contribution in [0.25, 0.3) is 21.6 Å². The normalized spacial score (nSPS) is 10.8. The maximum absolute atomic E-state index is 7.16. The topological polar surface area (TPSA) is 48.0 Å². The summed E-state index contributed by atoms with van der Waals surface area (Å²) in [7, 11) is 0. The Morgan fingerprint density at radius 2 is 2.14 bits per heavy atom. The molecular formula is C15H11Cl2N5. The summed E-state index contributed by atoms with van der Waals surface area (Å²) < 4.78 is 1.66. The molecule has 7 heteroatoms. The first kappa shape index (κ1) is 14.8. The van der Waals surface area contributed by atoms with Gasteiger partial charge in [-0.2, -0.15) is 10.1 Å². The van der Waals surface area contributed by atoms with Gasteiger partial charge in [0.1, 0.15) is 5.02 Å². The predicted octanol–water partition coefficient (Wildman–Crippen LogP) is 4.63. The zero-order valence-corrected chi connectivity index (χ0v) is 13.2. The first-order valence-electron chi connectivity index (χ1n) is 6.71. The van der Waals surface area contributed by atoms with Crippen molar-refractivity contribution in [3.63, 3.8) is 0 Å². The molecule has 0 bridgehead atoms. The van der Waals surface area contributed by atoms with Gasteiger partial charge in [-0.15, -0.1) is 0 Å². The van der Waals surface area contributed by atoms with Crippen molar-refractivity contribution in [1.29, 1.82) is 0 Å². The lowest BCUT2D eigenvalue weighted by atomic mass is 10.1. The maximum Gasteiger partial charge on any atom is 0.224 e. The number of halogens is 2. The van der Waals surface area contributed by atoms with Crippen LogP contribution in [0.4, 0.5) is 5.69 Å². The second-order valence-electron chi connectivity index (χ2n) is 4.73. The molecule has 0 saturated carbocycles. The first-order valence-corrected chi connectivity index (χ1v) is 7.47. The van der Waals surface area contributed by atoms with Crippen LogP contribution in [-0.4, -0.2) is 19.7 Å². The van der Waals surface area contributed by atoms with Crippen LogP contribution in [-0.2, 0) is 6.42 Å². The number of rotatable bonds is 3. The fraction of sp³-hybridized carbons (Fsp3) is 0.200. The number of benzene rings is 1. The van der Waals surface area contributed by atoms with Crippen molar-refractivity contribution in [1.82, 2.24) is 19.7 Å². The molecule has 0 amide bonds. The van der Waals surface area contributed by atoms with Crippen molar-refractivity contribution in [2.45, 2.75) is 19.8 Å². The summed E-state index contributed by atoms with van der Waals surface area (Å²) in [4.78, 5) is 11.5. The van der Waals surface area contributed by atoms with E-state index < -0.39 is 0 Å². The lowest BCUT2D eigenvalue weighted by Crippen LogP contribution is -2.02. The quantitative estimate of drug-likeness (QED) is 0.519. The molecule has 0 radical (unpaired) electrons. The van der Waals surface area contributed by atoms with Gasteiger partial charge in [-0.1, -0.05) is 31.0 Å². The van der Waals surface area contributed by atoms with Gasteiger partial charge in [0.15, 0.2) is 11.5 Å². The highest BCUT2D eigenvalue weighted by atomic mass is 35.5. The van der Waals surface area contributed by atoms with Gasteiger partial charge >= 0.3 is 0 Å². The van der Waals surface area contributed by atoms with Gasteiger partial charge in [0.05, 0.1) is 24.0 Å². The molecule has 0 aliphatic carbocycles. The Hall–Kier alpha value is -2.16. The zero-order valence-electron chi connectivity index (χ0n) is 11.7. The molecule has 0 atom stereocenters. The van der Waals surface area contributed by atoms with Gasteiger partial charge in [-0.05, 0) is 30.2 Å². The second kappa shape index (κ2) is 5.91. The summed E-state index contributed by atoms with van der Waals surface area (Å²) in [6.07, 6.45) is 3.21. The van der Waals surface area contributed by atoms with Crippen LogP contribution in [0.5, 0.6) is 0 Å². The Labute approximate surface area is 137 Å². The highest BCUT2D eigenvalue weighted by molar-refractivity contribution is 6.33. The third-order valence-corrected chi connectivity index (χ3v) is 3.70. The average Bonchev–Trinajstić information content (AvgIpc) is 2.88. The van der Waals surface area contributed by atoms with E-state index in [0.29, 0.717) is 16.5 Å². The molecule has 2 heterocycles. The summed E-state index contributed by atoms with van der Waals surface area (Å²) in [5, 5.41) is 6.01. The van der Waals surface area contributed by atoms with Gasteiger partial charge < -0.3 is 0 Å². The summed E-state index contributed by atoms with van der Waals surface area (Å²) in [6.45, 7) is 9.24. The van der Waals surface area contributed by atoms with E-state index in [0.717, 1.165) is 29.4 Å². The molecule has 0 aliphatic rings. The third kappa shape index (κ3) is 2.52. The number of hydrogen-bond acceptors (Lipinski definition) is 3. The minimum atomic E-state index is 0.109.